The third kappa shape index (κ3) is 4.70. The van der Waals surface area contributed by atoms with Crippen molar-refractivity contribution in [3.05, 3.63) is 65.2 Å². The van der Waals surface area contributed by atoms with Crippen LogP contribution in [0.25, 0.3) is 0 Å². The van der Waals surface area contributed by atoms with Gasteiger partial charge < -0.3 is 5.32 Å². The molecule has 8 heteroatoms. The van der Waals surface area contributed by atoms with E-state index in [0.29, 0.717) is 24.7 Å². The summed E-state index contributed by atoms with van der Waals surface area (Å²) in [7, 11) is -3.56. The SMILES string of the molecule is CCN(CC)S(=O)(=O)c1ccc(C(C)NC(=O)c2ccc(F)cc2F)cc1. The van der Waals surface area contributed by atoms with E-state index >= 15 is 0 Å². The summed E-state index contributed by atoms with van der Waals surface area (Å²) >= 11 is 0. The average Bonchev–Trinajstić information content (AvgIpc) is 2.62. The van der Waals surface area contributed by atoms with Crippen molar-refractivity contribution < 1.29 is 22.0 Å². The number of sulfonamides is 1. The standard InChI is InChI=1S/C19H22F2N2O3S/c1-4-23(5-2)27(25,26)16-9-6-14(7-10-16)13(3)22-19(24)17-11-8-15(20)12-18(17)21/h6-13H,4-5H2,1-3H3,(H,22,24). The molecule has 0 aliphatic carbocycles. The van der Waals surface area contributed by atoms with Gasteiger partial charge in [-0.2, -0.15) is 4.31 Å². The van der Waals surface area contributed by atoms with E-state index in [4.69, 9.17) is 0 Å². The van der Waals surface area contributed by atoms with Gasteiger partial charge in [0.2, 0.25) is 10.0 Å². The second-order valence-corrected chi connectivity index (χ2v) is 7.92. The Hall–Kier alpha value is -2.32. The van der Waals surface area contributed by atoms with Crippen LogP contribution in [0.3, 0.4) is 0 Å². The molecule has 2 aromatic carbocycles. The fraction of sp³-hybridized carbons (Fsp3) is 0.316. The molecule has 1 unspecified atom stereocenters. The van der Waals surface area contributed by atoms with Crippen molar-refractivity contribution in [3.8, 4) is 0 Å². The number of hydrogen-bond donors (Lipinski definition) is 1. The molecule has 1 amide bonds. The van der Waals surface area contributed by atoms with E-state index in [2.05, 4.69) is 5.32 Å². The summed E-state index contributed by atoms with van der Waals surface area (Å²) in [5, 5.41) is 2.61. The highest BCUT2D eigenvalue weighted by atomic mass is 32.2. The molecule has 0 heterocycles. The quantitative estimate of drug-likeness (QED) is 0.779. The van der Waals surface area contributed by atoms with Crippen molar-refractivity contribution in [1.82, 2.24) is 9.62 Å². The predicted molar refractivity (Wildman–Crippen MR) is 98.8 cm³/mol. The van der Waals surface area contributed by atoms with Gasteiger partial charge in [-0.3, -0.25) is 4.79 Å². The molecule has 0 aliphatic heterocycles. The highest BCUT2D eigenvalue weighted by Gasteiger charge is 2.22. The smallest absolute Gasteiger partial charge is 0.254 e. The highest BCUT2D eigenvalue weighted by Crippen LogP contribution is 2.20. The average molecular weight is 396 g/mol. The lowest BCUT2D eigenvalue weighted by Gasteiger charge is -2.19. The molecule has 0 bridgehead atoms. The fourth-order valence-electron chi connectivity index (χ4n) is 2.67. The van der Waals surface area contributed by atoms with Crippen molar-refractivity contribution in [2.45, 2.75) is 31.7 Å². The monoisotopic (exact) mass is 396 g/mol. The van der Waals surface area contributed by atoms with Gasteiger partial charge >= 0.3 is 0 Å². The van der Waals surface area contributed by atoms with Crippen molar-refractivity contribution >= 4 is 15.9 Å². The molecule has 2 rings (SSSR count). The summed E-state index contributed by atoms with van der Waals surface area (Å²) < 4.78 is 53.0. The van der Waals surface area contributed by atoms with Crippen molar-refractivity contribution in [2.75, 3.05) is 13.1 Å². The normalized spacial score (nSPS) is 12.8. The predicted octanol–water partition coefficient (Wildman–Crippen LogP) is 3.49. The van der Waals surface area contributed by atoms with E-state index in [1.807, 2.05) is 0 Å². The van der Waals surface area contributed by atoms with Gasteiger partial charge in [0.05, 0.1) is 16.5 Å². The maximum Gasteiger partial charge on any atom is 0.254 e. The van der Waals surface area contributed by atoms with Gasteiger partial charge in [0, 0.05) is 19.2 Å². The van der Waals surface area contributed by atoms with E-state index in [-0.39, 0.29) is 10.5 Å². The number of carbonyl (C=O) groups excluding carboxylic acids is 1. The summed E-state index contributed by atoms with van der Waals surface area (Å²) in [5.41, 5.74) is 0.397. The largest absolute Gasteiger partial charge is 0.345 e. The maximum atomic E-state index is 13.7. The van der Waals surface area contributed by atoms with Gasteiger partial charge in [-0.05, 0) is 36.8 Å². The summed E-state index contributed by atoms with van der Waals surface area (Å²) in [6.07, 6.45) is 0. The Bertz CT molecular complexity index is 911. The first-order valence-electron chi connectivity index (χ1n) is 8.56. The second kappa shape index (κ2) is 8.58. The number of hydrogen-bond acceptors (Lipinski definition) is 3. The van der Waals surface area contributed by atoms with Crippen LogP contribution in [0.4, 0.5) is 8.78 Å². The Kier molecular flexibility index (Phi) is 6.67. The summed E-state index contributed by atoms with van der Waals surface area (Å²) in [4.78, 5) is 12.3. The fourth-order valence-corrected chi connectivity index (χ4v) is 4.13. The number of amides is 1. The van der Waals surface area contributed by atoms with Crippen LogP contribution in [-0.2, 0) is 10.0 Å². The molecule has 0 aliphatic rings. The topological polar surface area (TPSA) is 66.5 Å². The Morgan fingerprint density at radius 3 is 2.19 bits per heavy atom. The molecule has 1 N–H and O–H groups in total. The number of rotatable bonds is 7. The molecule has 5 nitrogen and oxygen atoms in total. The molecule has 0 spiro atoms. The van der Waals surface area contributed by atoms with Crippen LogP contribution in [-0.4, -0.2) is 31.7 Å². The van der Waals surface area contributed by atoms with E-state index in [1.54, 1.807) is 32.9 Å². The molecule has 1 atom stereocenters. The third-order valence-electron chi connectivity index (χ3n) is 4.25. The second-order valence-electron chi connectivity index (χ2n) is 5.98. The molecule has 27 heavy (non-hydrogen) atoms. The first kappa shape index (κ1) is 21.0. The Morgan fingerprint density at radius 1 is 1.07 bits per heavy atom. The zero-order valence-electron chi connectivity index (χ0n) is 15.4. The minimum absolute atomic E-state index is 0.165. The number of nitrogens with zero attached hydrogens (tertiary/aromatic N) is 1. The molecule has 0 saturated heterocycles. The van der Waals surface area contributed by atoms with Crippen molar-refractivity contribution in [1.29, 1.82) is 0 Å². The summed E-state index contributed by atoms with van der Waals surface area (Å²) in [6.45, 7) is 5.96. The van der Waals surface area contributed by atoms with Crippen LogP contribution in [0.15, 0.2) is 47.4 Å². The zero-order valence-corrected chi connectivity index (χ0v) is 16.2. The molecule has 0 saturated carbocycles. The van der Waals surface area contributed by atoms with Gasteiger partial charge in [-0.25, -0.2) is 17.2 Å². The Morgan fingerprint density at radius 2 is 1.67 bits per heavy atom. The van der Waals surface area contributed by atoms with Crippen LogP contribution < -0.4 is 5.32 Å². The van der Waals surface area contributed by atoms with Crippen LogP contribution in [0.2, 0.25) is 0 Å². The van der Waals surface area contributed by atoms with Gasteiger partial charge in [-0.15, -0.1) is 0 Å². The summed E-state index contributed by atoms with van der Waals surface area (Å²) in [5.74, 6) is -2.39. The molecular weight excluding hydrogens is 374 g/mol. The van der Waals surface area contributed by atoms with Crippen LogP contribution in [0.1, 0.15) is 42.7 Å². The minimum Gasteiger partial charge on any atom is -0.345 e. The van der Waals surface area contributed by atoms with Gasteiger partial charge in [0.15, 0.2) is 0 Å². The Balaban J connectivity index is 2.16. The third-order valence-corrected chi connectivity index (χ3v) is 6.31. The first-order valence-corrected chi connectivity index (χ1v) is 10.0. The number of halogens is 2. The molecule has 0 aromatic heterocycles. The lowest BCUT2D eigenvalue weighted by Crippen LogP contribution is -2.30. The van der Waals surface area contributed by atoms with E-state index in [9.17, 15) is 22.0 Å². The highest BCUT2D eigenvalue weighted by molar-refractivity contribution is 7.89. The van der Waals surface area contributed by atoms with Gasteiger partial charge in [0.25, 0.3) is 5.91 Å². The maximum absolute atomic E-state index is 13.7. The molecule has 2 aromatic rings. The van der Waals surface area contributed by atoms with Gasteiger partial charge in [0.1, 0.15) is 11.6 Å². The first-order chi connectivity index (χ1) is 12.7. The van der Waals surface area contributed by atoms with Gasteiger partial charge in [-0.1, -0.05) is 26.0 Å². The zero-order chi connectivity index (χ0) is 20.2. The minimum atomic E-state index is -3.56. The molecule has 0 radical (unpaired) electrons. The number of nitrogens with one attached hydrogen (secondary N) is 1. The van der Waals surface area contributed by atoms with E-state index < -0.39 is 33.6 Å². The Labute approximate surface area is 158 Å². The van der Waals surface area contributed by atoms with Crippen molar-refractivity contribution in [3.63, 3.8) is 0 Å². The van der Waals surface area contributed by atoms with E-state index in [0.717, 1.165) is 12.1 Å². The van der Waals surface area contributed by atoms with Crippen LogP contribution in [0.5, 0.6) is 0 Å². The summed E-state index contributed by atoms with van der Waals surface area (Å²) in [6, 6.07) is 8.39. The number of carbonyl (C=O) groups is 1. The molecule has 146 valence electrons. The van der Waals surface area contributed by atoms with Crippen molar-refractivity contribution in [2.24, 2.45) is 0 Å². The van der Waals surface area contributed by atoms with Crippen LogP contribution in [0, 0.1) is 11.6 Å². The molecular formula is C19H22F2N2O3S. The number of benzene rings is 2. The van der Waals surface area contributed by atoms with E-state index in [1.165, 1.54) is 16.4 Å². The van der Waals surface area contributed by atoms with Crippen LogP contribution >= 0.6 is 0 Å². The lowest BCUT2D eigenvalue weighted by molar-refractivity contribution is 0.0935. The molecule has 0 fully saturated rings. The lowest BCUT2D eigenvalue weighted by atomic mass is 10.1.